The Balaban J connectivity index is 2.10. The standard InChI is InChI=1S/C14H12O4/c15-12-8-11(13(16)17)18-14(12)7-3-5-9-4-1-2-6-10(9)14/h1-2,4,6,8H,3,5,7H2,(H,16,17)/t14-/m0/s1. The minimum atomic E-state index is -1.19. The van der Waals surface area contributed by atoms with E-state index in [1.54, 1.807) is 0 Å². The minimum Gasteiger partial charge on any atom is -0.475 e. The molecule has 0 bridgehead atoms. The number of carboxylic acid groups (broad SMARTS) is 1. The van der Waals surface area contributed by atoms with Crippen LogP contribution in [-0.2, 0) is 26.3 Å². The van der Waals surface area contributed by atoms with Gasteiger partial charge in [0.1, 0.15) is 0 Å². The number of ether oxygens (including phenoxy) is 1. The highest BCUT2D eigenvalue weighted by molar-refractivity contribution is 6.06. The number of carboxylic acids is 1. The van der Waals surface area contributed by atoms with Gasteiger partial charge < -0.3 is 9.84 Å². The van der Waals surface area contributed by atoms with E-state index in [0.717, 1.165) is 30.0 Å². The summed E-state index contributed by atoms with van der Waals surface area (Å²) >= 11 is 0. The molecule has 1 heterocycles. The van der Waals surface area contributed by atoms with E-state index < -0.39 is 11.6 Å². The SMILES string of the molecule is O=C(O)C1=CC(=O)[C@@]2(CCCc3ccccc32)O1. The van der Waals surface area contributed by atoms with E-state index in [2.05, 4.69) is 0 Å². The molecule has 0 saturated carbocycles. The van der Waals surface area contributed by atoms with E-state index in [0.29, 0.717) is 6.42 Å². The molecule has 0 radical (unpaired) electrons. The number of carbonyl (C=O) groups excluding carboxylic acids is 1. The summed E-state index contributed by atoms with van der Waals surface area (Å²) in [5, 5.41) is 8.95. The second-order valence-electron chi connectivity index (χ2n) is 4.62. The third kappa shape index (κ3) is 1.38. The molecule has 0 saturated heterocycles. The van der Waals surface area contributed by atoms with Gasteiger partial charge >= 0.3 is 5.97 Å². The van der Waals surface area contributed by atoms with Crippen molar-refractivity contribution >= 4 is 11.8 Å². The minimum absolute atomic E-state index is 0.253. The van der Waals surface area contributed by atoms with Crippen LogP contribution in [0.3, 0.4) is 0 Å². The summed E-state index contributed by atoms with van der Waals surface area (Å²) in [5.74, 6) is -1.70. The highest BCUT2D eigenvalue weighted by Gasteiger charge is 2.49. The average molecular weight is 244 g/mol. The first-order valence-corrected chi connectivity index (χ1v) is 5.90. The molecule has 92 valence electrons. The molecule has 1 aromatic carbocycles. The van der Waals surface area contributed by atoms with Crippen molar-refractivity contribution in [2.24, 2.45) is 0 Å². The van der Waals surface area contributed by atoms with E-state index >= 15 is 0 Å². The molecule has 1 atom stereocenters. The Morgan fingerprint density at radius 1 is 1.33 bits per heavy atom. The Kier molecular flexibility index (Phi) is 2.26. The van der Waals surface area contributed by atoms with Crippen LogP contribution in [0.15, 0.2) is 36.1 Å². The lowest BCUT2D eigenvalue weighted by molar-refractivity contribution is -0.143. The van der Waals surface area contributed by atoms with Crippen LogP contribution in [0.4, 0.5) is 0 Å². The van der Waals surface area contributed by atoms with E-state index in [9.17, 15) is 9.59 Å². The van der Waals surface area contributed by atoms with Crippen molar-refractivity contribution in [3.05, 3.63) is 47.2 Å². The predicted molar refractivity (Wildman–Crippen MR) is 62.9 cm³/mol. The van der Waals surface area contributed by atoms with Crippen LogP contribution in [0.5, 0.6) is 0 Å². The van der Waals surface area contributed by atoms with Crippen LogP contribution in [0, 0.1) is 0 Å². The summed E-state index contributed by atoms with van der Waals surface area (Å²) < 4.78 is 5.50. The third-order valence-electron chi connectivity index (χ3n) is 3.58. The monoisotopic (exact) mass is 244 g/mol. The van der Waals surface area contributed by atoms with Crippen molar-refractivity contribution < 1.29 is 19.4 Å². The number of hydrogen-bond acceptors (Lipinski definition) is 3. The summed E-state index contributed by atoms with van der Waals surface area (Å²) in [7, 11) is 0. The van der Waals surface area contributed by atoms with Crippen molar-refractivity contribution in [3.63, 3.8) is 0 Å². The zero-order valence-corrected chi connectivity index (χ0v) is 9.68. The first kappa shape index (κ1) is 11.0. The van der Waals surface area contributed by atoms with Crippen LogP contribution in [-0.4, -0.2) is 16.9 Å². The Morgan fingerprint density at radius 2 is 2.11 bits per heavy atom. The van der Waals surface area contributed by atoms with Gasteiger partial charge in [-0.3, -0.25) is 4.79 Å². The molecular formula is C14H12O4. The summed E-state index contributed by atoms with van der Waals surface area (Å²) in [6.07, 6.45) is 3.36. The molecule has 0 fully saturated rings. The van der Waals surface area contributed by atoms with Crippen molar-refractivity contribution in [2.75, 3.05) is 0 Å². The van der Waals surface area contributed by atoms with Gasteiger partial charge in [0.15, 0.2) is 5.60 Å². The molecule has 0 unspecified atom stereocenters. The van der Waals surface area contributed by atoms with E-state index in [-0.39, 0.29) is 11.5 Å². The number of hydrogen-bond donors (Lipinski definition) is 1. The van der Waals surface area contributed by atoms with Crippen LogP contribution < -0.4 is 0 Å². The highest BCUT2D eigenvalue weighted by Crippen LogP contribution is 2.44. The molecule has 1 aliphatic heterocycles. The van der Waals surface area contributed by atoms with Gasteiger partial charge in [-0.25, -0.2) is 4.79 Å². The Morgan fingerprint density at radius 3 is 2.83 bits per heavy atom. The van der Waals surface area contributed by atoms with Gasteiger partial charge in [0.05, 0.1) is 0 Å². The fourth-order valence-corrected chi connectivity index (χ4v) is 2.77. The van der Waals surface area contributed by atoms with Crippen LogP contribution in [0.25, 0.3) is 0 Å². The highest BCUT2D eigenvalue weighted by atomic mass is 16.5. The summed E-state index contributed by atoms with van der Waals surface area (Å²) in [6.45, 7) is 0. The van der Waals surface area contributed by atoms with Gasteiger partial charge in [0.2, 0.25) is 11.5 Å². The third-order valence-corrected chi connectivity index (χ3v) is 3.58. The summed E-state index contributed by atoms with van der Waals surface area (Å²) in [5.41, 5.74) is 0.786. The van der Waals surface area contributed by atoms with Crippen molar-refractivity contribution in [2.45, 2.75) is 24.9 Å². The summed E-state index contributed by atoms with van der Waals surface area (Å²) in [6, 6.07) is 7.58. The second-order valence-corrected chi connectivity index (χ2v) is 4.62. The predicted octanol–water partition coefficient (Wildman–Crippen LogP) is 1.79. The van der Waals surface area contributed by atoms with Crippen molar-refractivity contribution in [1.82, 2.24) is 0 Å². The number of ketones is 1. The smallest absolute Gasteiger partial charge is 0.371 e. The zero-order valence-electron chi connectivity index (χ0n) is 9.68. The van der Waals surface area contributed by atoms with E-state index in [1.165, 1.54) is 0 Å². The molecule has 1 N–H and O–H groups in total. The molecule has 1 spiro atoms. The molecule has 1 aliphatic carbocycles. The molecule has 4 heteroatoms. The van der Waals surface area contributed by atoms with Gasteiger partial charge in [-0.2, -0.15) is 0 Å². The van der Waals surface area contributed by atoms with Gasteiger partial charge in [-0.1, -0.05) is 24.3 Å². The lowest BCUT2D eigenvalue weighted by Crippen LogP contribution is -2.37. The quantitative estimate of drug-likeness (QED) is 0.818. The Labute approximate surface area is 104 Å². The normalized spacial score (nSPS) is 25.6. The number of aliphatic carboxylic acids is 1. The second kappa shape index (κ2) is 3.70. The first-order chi connectivity index (χ1) is 8.63. The molecular weight excluding hydrogens is 232 g/mol. The summed E-state index contributed by atoms with van der Waals surface area (Å²) in [4.78, 5) is 23.1. The maximum Gasteiger partial charge on any atom is 0.371 e. The average Bonchev–Trinajstić information content (AvgIpc) is 2.69. The molecule has 1 aromatic rings. The number of aryl methyl sites for hydroxylation is 1. The van der Waals surface area contributed by atoms with E-state index in [4.69, 9.17) is 9.84 Å². The molecule has 4 nitrogen and oxygen atoms in total. The Bertz CT molecular complexity index is 573. The zero-order chi connectivity index (χ0) is 12.8. The fraction of sp³-hybridized carbons (Fsp3) is 0.286. The van der Waals surface area contributed by atoms with Crippen LogP contribution in [0.1, 0.15) is 24.0 Å². The number of fused-ring (bicyclic) bond motifs is 2. The first-order valence-electron chi connectivity index (χ1n) is 5.90. The maximum atomic E-state index is 12.2. The Hall–Kier alpha value is -2.10. The topological polar surface area (TPSA) is 63.6 Å². The lowest BCUT2D eigenvalue weighted by atomic mass is 9.77. The van der Waals surface area contributed by atoms with Gasteiger partial charge in [0.25, 0.3) is 0 Å². The van der Waals surface area contributed by atoms with E-state index in [1.807, 2.05) is 24.3 Å². The van der Waals surface area contributed by atoms with Crippen molar-refractivity contribution in [1.29, 1.82) is 0 Å². The molecule has 0 aromatic heterocycles. The van der Waals surface area contributed by atoms with Crippen LogP contribution in [0.2, 0.25) is 0 Å². The lowest BCUT2D eigenvalue weighted by Gasteiger charge is -2.33. The van der Waals surface area contributed by atoms with Crippen LogP contribution >= 0.6 is 0 Å². The number of benzene rings is 1. The molecule has 18 heavy (non-hydrogen) atoms. The molecule has 2 aliphatic rings. The van der Waals surface area contributed by atoms with Gasteiger partial charge in [0, 0.05) is 11.6 Å². The number of carbonyl (C=O) groups is 2. The number of rotatable bonds is 1. The molecule has 0 amide bonds. The molecule has 3 rings (SSSR count). The largest absolute Gasteiger partial charge is 0.475 e. The maximum absolute atomic E-state index is 12.2. The van der Waals surface area contributed by atoms with Gasteiger partial charge in [-0.15, -0.1) is 0 Å². The van der Waals surface area contributed by atoms with Crippen molar-refractivity contribution in [3.8, 4) is 0 Å². The fourth-order valence-electron chi connectivity index (χ4n) is 2.77. The van der Waals surface area contributed by atoms with Gasteiger partial charge in [-0.05, 0) is 24.8 Å².